The molecule has 23 heavy (non-hydrogen) atoms. The van der Waals surface area contributed by atoms with Gasteiger partial charge in [0, 0.05) is 13.2 Å². The van der Waals surface area contributed by atoms with E-state index in [0.717, 1.165) is 12.8 Å². The average molecular weight is 336 g/mol. The van der Waals surface area contributed by atoms with Crippen molar-refractivity contribution >= 4 is 0 Å². The van der Waals surface area contributed by atoms with Crippen molar-refractivity contribution in [2.75, 3.05) is 19.8 Å². The van der Waals surface area contributed by atoms with E-state index in [4.69, 9.17) is 25.2 Å². The van der Waals surface area contributed by atoms with Crippen LogP contribution >= 0.6 is 0 Å². The van der Waals surface area contributed by atoms with Crippen molar-refractivity contribution in [3.05, 3.63) is 0 Å². The highest BCUT2D eigenvalue weighted by Gasteiger charge is 2.30. The number of ether oxygens (including phenoxy) is 1. The van der Waals surface area contributed by atoms with E-state index in [0.29, 0.717) is 24.9 Å². The van der Waals surface area contributed by atoms with Gasteiger partial charge in [0.2, 0.25) is 0 Å². The lowest BCUT2D eigenvalue weighted by Gasteiger charge is -2.30. The Morgan fingerprint density at radius 1 is 1.09 bits per heavy atom. The van der Waals surface area contributed by atoms with Crippen molar-refractivity contribution in [1.29, 1.82) is 0 Å². The summed E-state index contributed by atoms with van der Waals surface area (Å²) in [6.07, 6.45) is 2.66. The highest BCUT2D eigenvalue weighted by molar-refractivity contribution is 4.79. The molecule has 1 rings (SSSR count). The van der Waals surface area contributed by atoms with Crippen LogP contribution in [0.2, 0.25) is 0 Å². The topological polar surface area (TPSA) is 110 Å². The molecule has 0 amide bonds. The molecule has 5 N–H and O–H groups in total. The van der Waals surface area contributed by atoms with E-state index in [1.807, 2.05) is 0 Å². The summed E-state index contributed by atoms with van der Waals surface area (Å²) in [5.41, 5.74) is 0.405. The Bertz CT molecular complexity index is 279. The molecule has 140 valence electrons. The maximum absolute atomic E-state index is 9.32. The van der Waals surface area contributed by atoms with Crippen LogP contribution in [-0.2, 0) is 4.74 Å². The molecule has 1 saturated heterocycles. The first-order chi connectivity index (χ1) is 10.7. The van der Waals surface area contributed by atoms with Crippen LogP contribution in [-0.4, -0.2) is 69.8 Å². The highest BCUT2D eigenvalue weighted by atomic mass is 16.5. The fraction of sp³-hybridized carbons (Fsp3) is 1.00. The molecule has 0 aromatic carbocycles. The summed E-state index contributed by atoms with van der Waals surface area (Å²) in [7, 11) is 0. The molecular formula is C17H36O6. The van der Waals surface area contributed by atoms with Crippen LogP contribution in [0.15, 0.2) is 0 Å². The molecule has 4 atom stereocenters. The third-order valence-electron chi connectivity index (χ3n) is 3.88. The van der Waals surface area contributed by atoms with Crippen LogP contribution in [0.25, 0.3) is 0 Å². The van der Waals surface area contributed by atoms with E-state index < -0.39 is 18.3 Å². The molecule has 0 radical (unpaired) electrons. The Morgan fingerprint density at radius 2 is 1.74 bits per heavy atom. The van der Waals surface area contributed by atoms with Gasteiger partial charge in [-0.2, -0.15) is 0 Å². The van der Waals surface area contributed by atoms with Crippen LogP contribution in [0.3, 0.4) is 0 Å². The number of aliphatic hydroxyl groups excluding tert-OH is 5. The summed E-state index contributed by atoms with van der Waals surface area (Å²) in [6.45, 7) is 6.97. The average Bonchev–Trinajstić information content (AvgIpc) is 2.47. The van der Waals surface area contributed by atoms with Gasteiger partial charge >= 0.3 is 0 Å². The summed E-state index contributed by atoms with van der Waals surface area (Å²) < 4.78 is 4.95. The van der Waals surface area contributed by atoms with Crippen LogP contribution < -0.4 is 0 Å². The molecule has 1 aliphatic rings. The summed E-state index contributed by atoms with van der Waals surface area (Å²) >= 11 is 0. The second kappa shape index (κ2) is 12.2. The maximum atomic E-state index is 9.32. The summed E-state index contributed by atoms with van der Waals surface area (Å²) in [6, 6.07) is 0. The van der Waals surface area contributed by atoms with E-state index >= 15 is 0 Å². The van der Waals surface area contributed by atoms with Crippen LogP contribution in [0.4, 0.5) is 0 Å². The third kappa shape index (κ3) is 11.9. The minimum absolute atomic E-state index is 0.0977. The number of rotatable bonds is 7. The molecule has 0 aromatic rings. The fourth-order valence-electron chi connectivity index (χ4n) is 2.35. The van der Waals surface area contributed by atoms with E-state index in [1.54, 1.807) is 0 Å². The Hall–Kier alpha value is -0.240. The second-order valence-electron chi connectivity index (χ2n) is 7.41. The maximum Gasteiger partial charge on any atom is 0.109 e. The lowest BCUT2D eigenvalue weighted by Crippen LogP contribution is -2.46. The van der Waals surface area contributed by atoms with Gasteiger partial charge in [-0.3, -0.25) is 0 Å². The quantitative estimate of drug-likeness (QED) is 0.440. The van der Waals surface area contributed by atoms with E-state index in [9.17, 15) is 5.11 Å². The van der Waals surface area contributed by atoms with Gasteiger partial charge in [-0.1, -0.05) is 33.6 Å². The minimum Gasteiger partial charge on any atom is -0.396 e. The monoisotopic (exact) mass is 336 g/mol. The predicted octanol–water partition coefficient (Wildman–Crippen LogP) is 0.826. The molecule has 6 heteroatoms. The SMILES string of the molecule is CC(C)(C)CCCCC(O)CCO.OCC1OCCC(O)C1O. The van der Waals surface area contributed by atoms with Gasteiger partial charge in [-0.15, -0.1) is 0 Å². The Balaban J connectivity index is 0.000000433. The van der Waals surface area contributed by atoms with Crippen molar-refractivity contribution in [2.45, 2.75) is 83.7 Å². The first-order valence-corrected chi connectivity index (χ1v) is 8.58. The molecule has 1 fully saturated rings. The molecule has 0 spiro atoms. The molecular weight excluding hydrogens is 300 g/mol. The van der Waals surface area contributed by atoms with Gasteiger partial charge in [0.15, 0.2) is 0 Å². The first-order valence-electron chi connectivity index (χ1n) is 8.58. The number of unbranched alkanes of at least 4 members (excludes halogenated alkanes) is 1. The zero-order valence-corrected chi connectivity index (χ0v) is 14.8. The largest absolute Gasteiger partial charge is 0.396 e. The van der Waals surface area contributed by atoms with Crippen LogP contribution in [0.5, 0.6) is 0 Å². The highest BCUT2D eigenvalue weighted by Crippen LogP contribution is 2.22. The van der Waals surface area contributed by atoms with E-state index in [2.05, 4.69) is 20.8 Å². The first kappa shape index (κ1) is 22.8. The molecule has 0 aromatic heterocycles. The molecule has 4 unspecified atom stereocenters. The lowest BCUT2D eigenvalue weighted by molar-refractivity contribution is -0.147. The summed E-state index contributed by atoms with van der Waals surface area (Å²) in [5.74, 6) is 0. The van der Waals surface area contributed by atoms with Crippen molar-refractivity contribution in [2.24, 2.45) is 5.41 Å². The standard InChI is InChI=1S/C11H24O2.C6H12O4/c1-11(2,3)8-5-4-6-10(13)7-9-12;7-3-5-6(9)4(8)1-2-10-5/h10,12-13H,4-9H2,1-3H3;4-9H,1-3H2. The number of hydrogen-bond acceptors (Lipinski definition) is 6. The normalized spacial score (nSPS) is 26.3. The van der Waals surface area contributed by atoms with Crippen molar-refractivity contribution in [3.8, 4) is 0 Å². The molecule has 0 saturated carbocycles. The van der Waals surface area contributed by atoms with Crippen molar-refractivity contribution < 1.29 is 30.3 Å². The van der Waals surface area contributed by atoms with E-state index in [-0.39, 0.29) is 19.3 Å². The zero-order chi connectivity index (χ0) is 17.9. The van der Waals surface area contributed by atoms with Crippen LogP contribution in [0, 0.1) is 5.41 Å². The van der Waals surface area contributed by atoms with Crippen LogP contribution in [0.1, 0.15) is 59.3 Å². The van der Waals surface area contributed by atoms with Gasteiger partial charge in [0.1, 0.15) is 12.2 Å². The number of hydrogen-bond donors (Lipinski definition) is 5. The third-order valence-corrected chi connectivity index (χ3v) is 3.88. The van der Waals surface area contributed by atoms with Gasteiger partial charge in [-0.05, 0) is 31.1 Å². The zero-order valence-electron chi connectivity index (χ0n) is 14.8. The summed E-state index contributed by atoms with van der Waals surface area (Å²) in [5, 5.41) is 44.6. The number of aliphatic hydroxyl groups is 5. The van der Waals surface area contributed by atoms with Crippen molar-refractivity contribution in [3.63, 3.8) is 0 Å². The fourth-order valence-corrected chi connectivity index (χ4v) is 2.35. The van der Waals surface area contributed by atoms with Gasteiger partial charge in [0.05, 0.1) is 18.8 Å². The lowest BCUT2D eigenvalue weighted by atomic mass is 9.89. The van der Waals surface area contributed by atoms with Gasteiger partial charge in [0.25, 0.3) is 0 Å². The van der Waals surface area contributed by atoms with Gasteiger partial charge < -0.3 is 30.3 Å². The van der Waals surface area contributed by atoms with E-state index in [1.165, 1.54) is 12.8 Å². The molecule has 0 aliphatic carbocycles. The molecule has 1 aliphatic heterocycles. The Kier molecular flexibility index (Phi) is 12.0. The van der Waals surface area contributed by atoms with Crippen molar-refractivity contribution in [1.82, 2.24) is 0 Å². The Morgan fingerprint density at radius 3 is 2.22 bits per heavy atom. The molecule has 6 nitrogen and oxygen atoms in total. The summed E-state index contributed by atoms with van der Waals surface area (Å²) in [4.78, 5) is 0. The van der Waals surface area contributed by atoms with Gasteiger partial charge in [-0.25, -0.2) is 0 Å². The predicted molar refractivity (Wildman–Crippen MR) is 89.1 cm³/mol. The smallest absolute Gasteiger partial charge is 0.109 e. The Labute approximate surface area is 140 Å². The minimum atomic E-state index is -0.932. The molecule has 0 bridgehead atoms. The molecule has 1 heterocycles. The second-order valence-corrected chi connectivity index (χ2v) is 7.41.